The van der Waals surface area contributed by atoms with Gasteiger partial charge in [0.2, 0.25) is 0 Å². The van der Waals surface area contributed by atoms with Crippen molar-refractivity contribution in [3.05, 3.63) is 71.7 Å². The summed E-state index contributed by atoms with van der Waals surface area (Å²) in [5.41, 5.74) is 2.23. The maximum atomic E-state index is 14.9. The van der Waals surface area contributed by atoms with E-state index in [0.29, 0.717) is 35.6 Å². The van der Waals surface area contributed by atoms with Crippen LogP contribution < -0.4 is 4.74 Å². The first kappa shape index (κ1) is 21.5. The molecule has 8 nitrogen and oxygen atoms in total. The quantitative estimate of drug-likeness (QED) is 0.437. The van der Waals surface area contributed by atoms with Gasteiger partial charge in [-0.3, -0.25) is 4.40 Å². The van der Waals surface area contributed by atoms with Crippen LogP contribution in [-0.4, -0.2) is 46.5 Å². The predicted molar refractivity (Wildman–Crippen MR) is 111 cm³/mol. The minimum absolute atomic E-state index is 0.0305. The first-order valence-corrected chi connectivity index (χ1v) is 11.7. The molecule has 0 radical (unpaired) electrons. The van der Waals surface area contributed by atoms with Gasteiger partial charge in [-0.25, -0.2) is 17.8 Å². The van der Waals surface area contributed by atoms with Crippen molar-refractivity contribution in [1.29, 1.82) is 0 Å². The summed E-state index contributed by atoms with van der Waals surface area (Å²) in [7, 11) is -3.64. The minimum atomic E-state index is -3.64. The van der Waals surface area contributed by atoms with E-state index >= 15 is 0 Å². The van der Waals surface area contributed by atoms with E-state index in [-0.39, 0.29) is 16.9 Å². The highest BCUT2D eigenvalue weighted by Crippen LogP contribution is 2.39. The van der Waals surface area contributed by atoms with E-state index in [2.05, 4.69) is 14.8 Å². The van der Waals surface area contributed by atoms with E-state index in [1.807, 2.05) is 0 Å². The van der Waals surface area contributed by atoms with Crippen molar-refractivity contribution in [1.82, 2.24) is 18.6 Å². The average molecular weight is 478 g/mol. The molecule has 0 bridgehead atoms. The molecule has 172 valence electrons. The summed E-state index contributed by atoms with van der Waals surface area (Å²) in [6.45, 7) is -2.72. The van der Waals surface area contributed by atoms with Crippen LogP contribution in [0.15, 0.2) is 48.9 Å². The lowest BCUT2D eigenvalue weighted by Crippen LogP contribution is -2.20. The lowest BCUT2D eigenvalue weighted by atomic mass is 10.0. The van der Waals surface area contributed by atoms with Crippen LogP contribution in [0.25, 0.3) is 16.8 Å². The Bertz CT molecular complexity index is 1470. The molecule has 33 heavy (non-hydrogen) atoms. The van der Waals surface area contributed by atoms with Crippen LogP contribution in [0.3, 0.4) is 0 Å². The van der Waals surface area contributed by atoms with Crippen LogP contribution >= 0.6 is 0 Å². The van der Waals surface area contributed by atoms with E-state index in [0.717, 1.165) is 10.3 Å². The molecule has 4 heterocycles. The fourth-order valence-electron chi connectivity index (χ4n) is 3.92. The SMILES string of the molecule is CS(=O)(=O)n1cc(-c2cn3c4c(nc3cc2F)CCOC4c2ccccc2OC(F)F)cn1. The van der Waals surface area contributed by atoms with E-state index in [1.54, 1.807) is 22.6 Å². The molecular formula is C21H17F3N4O4S. The summed E-state index contributed by atoms with van der Waals surface area (Å²) in [5, 5.41) is 3.79. The molecule has 0 aliphatic carbocycles. The van der Waals surface area contributed by atoms with Crippen LogP contribution in [0.5, 0.6) is 5.75 Å². The van der Waals surface area contributed by atoms with Gasteiger partial charge in [0.15, 0.2) is 0 Å². The van der Waals surface area contributed by atoms with Gasteiger partial charge in [0.1, 0.15) is 23.3 Å². The van der Waals surface area contributed by atoms with E-state index in [1.165, 1.54) is 30.7 Å². The van der Waals surface area contributed by atoms with Gasteiger partial charge in [-0.1, -0.05) is 18.2 Å². The van der Waals surface area contributed by atoms with Gasteiger partial charge in [0, 0.05) is 35.4 Å². The summed E-state index contributed by atoms with van der Waals surface area (Å²) >= 11 is 0. The Morgan fingerprint density at radius 2 is 2.03 bits per heavy atom. The number of pyridine rings is 1. The summed E-state index contributed by atoms with van der Waals surface area (Å²) < 4.78 is 77.3. The number of alkyl halides is 2. The number of ether oxygens (including phenoxy) is 2. The second-order valence-electron chi connectivity index (χ2n) is 7.49. The zero-order valence-electron chi connectivity index (χ0n) is 17.2. The van der Waals surface area contributed by atoms with Crippen LogP contribution in [0.1, 0.15) is 23.1 Å². The summed E-state index contributed by atoms with van der Waals surface area (Å²) in [5.74, 6) is -0.645. The fraction of sp³-hybridized carbons (Fsp3) is 0.238. The van der Waals surface area contributed by atoms with Crippen molar-refractivity contribution >= 4 is 15.7 Å². The standard InChI is InChI=1S/C21H17F3N4O4S/c1-33(29,30)28-10-12(9-25-28)14-11-27-18(8-15(14)22)26-16-6-7-31-20(19(16)27)13-4-2-3-5-17(13)32-21(23)24/h2-5,8-11,20-21H,6-7H2,1H3. The number of benzene rings is 1. The van der Waals surface area contributed by atoms with Crippen molar-refractivity contribution in [2.75, 3.05) is 12.9 Å². The van der Waals surface area contributed by atoms with Gasteiger partial charge in [-0.05, 0) is 6.07 Å². The normalized spacial score (nSPS) is 16.3. The summed E-state index contributed by atoms with van der Waals surface area (Å²) in [6.07, 6.45) is 4.58. The Kier molecular flexibility index (Phi) is 5.13. The zero-order valence-corrected chi connectivity index (χ0v) is 18.0. The molecule has 1 aromatic carbocycles. The Morgan fingerprint density at radius 1 is 1.24 bits per heavy atom. The first-order chi connectivity index (χ1) is 15.7. The van der Waals surface area contributed by atoms with Gasteiger partial charge in [0.25, 0.3) is 10.0 Å². The third-order valence-corrected chi connectivity index (χ3v) is 6.20. The molecular weight excluding hydrogens is 461 g/mol. The molecule has 1 aliphatic heterocycles. The number of halogens is 3. The number of rotatable bonds is 5. The number of nitrogens with zero attached hydrogens (tertiary/aromatic N) is 4. The highest BCUT2D eigenvalue weighted by atomic mass is 32.2. The molecule has 12 heteroatoms. The van der Waals surface area contributed by atoms with Crippen LogP contribution in [-0.2, 0) is 21.2 Å². The number of para-hydroxylation sites is 1. The van der Waals surface area contributed by atoms with E-state index in [9.17, 15) is 21.6 Å². The molecule has 0 saturated carbocycles. The lowest BCUT2D eigenvalue weighted by molar-refractivity contribution is -0.0522. The second-order valence-corrected chi connectivity index (χ2v) is 9.33. The van der Waals surface area contributed by atoms with Gasteiger partial charge in [-0.2, -0.15) is 18.0 Å². The fourth-order valence-corrected chi connectivity index (χ4v) is 4.44. The van der Waals surface area contributed by atoms with Gasteiger partial charge >= 0.3 is 6.61 Å². The highest BCUT2D eigenvalue weighted by Gasteiger charge is 2.31. The third-order valence-electron chi connectivity index (χ3n) is 5.32. The number of hydrogen-bond donors (Lipinski definition) is 0. The molecule has 0 spiro atoms. The zero-order chi connectivity index (χ0) is 23.3. The van der Waals surface area contributed by atoms with Crippen molar-refractivity contribution in [2.24, 2.45) is 0 Å². The van der Waals surface area contributed by atoms with Crippen molar-refractivity contribution in [3.63, 3.8) is 0 Å². The van der Waals surface area contributed by atoms with Gasteiger partial charge in [0.05, 0.1) is 36.6 Å². The number of aromatic nitrogens is 4. The van der Waals surface area contributed by atoms with Crippen LogP contribution in [0.4, 0.5) is 13.2 Å². The molecule has 4 aromatic rings. The van der Waals surface area contributed by atoms with Crippen molar-refractivity contribution in [3.8, 4) is 16.9 Å². The Balaban J connectivity index is 1.67. The molecule has 0 saturated heterocycles. The molecule has 0 fully saturated rings. The molecule has 1 atom stereocenters. The molecule has 1 unspecified atom stereocenters. The third kappa shape index (κ3) is 3.85. The first-order valence-electron chi connectivity index (χ1n) is 9.83. The monoisotopic (exact) mass is 478 g/mol. The van der Waals surface area contributed by atoms with Crippen molar-refractivity contribution in [2.45, 2.75) is 19.1 Å². The molecule has 0 amide bonds. The summed E-state index contributed by atoms with van der Waals surface area (Å²) in [4.78, 5) is 4.50. The largest absolute Gasteiger partial charge is 0.434 e. The molecule has 0 N–H and O–H groups in total. The molecule has 3 aromatic heterocycles. The maximum absolute atomic E-state index is 14.9. The van der Waals surface area contributed by atoms with E-state index in [4.69, 9.17) is 4.74 Å². The average Bonchev–Trinajstić information content (AvgIpc) is 3.37. The van der Waals surface area contributed by atoms with Crippen molar-refractivity contribution < 1.29 is 31.1 Å². The number of hydrogen-bond acceptors (Lipinski definition) is 6. The van der Waals surface area contributed by atoms with E-state index < -0.39 is 28.6 Å². The van der Waals surface area contributed by atoms with Crippen LogP contribution in [0, 0.1) is 5.82 Å². The smallest absolute Gasteiger partial charge is 0.387 e. The lowest BCUT2D eigenvalue weighted by Gasteiger charge is -2.25. The number of imidazole rings is 1. The topological polar surface area (TPSA) is 87.7 Å². The summed E-state index contributed by atoms with van der Waals surface area (Å²) in [6, 6.07) is 7.53. The Hall–Kier alpha value is -3.38. The minimum Gasteiger partial charge on any atom is -0.434 e. The second kappa shape index (κ2) is 7.89. The predicted octanol–water partition coefficient (Wildman–Crippen LogP) is 3.41. The Labute approximate surface area is 186 Å². The van der Waals surface area contributed by atoms with Crippen LogP contribution in [0.2, 0.25) is 0 Å². The maximum Gasteiger partial charge on any atom is 0.387 e. The van der Waals surface area contributed by atoms with Gasteiger partial charge < -0.3 is 9.47 Å². The highest BCUT2D eigenvalue weighted by molar-refractivity contribution is 7.89. The number of fused-ring (bicyclic) bond motifs is 3. The van der Waals surface area contributed by atoms with Gasteiger partial charge in [-0.15, -0.1) is 0 Å². The Morgan fingerprint density at radius 3 is 2.76 bits per heavy atom. The molecule has 1 aliphatic rings. The molecule has 5 rings (SSSR count).